The maximum Gasteiger partial charge on any atom is 0.329 e. The van der Waals surface area contributed by atoms with E-state index in [4.69, 9.17) is 11.6 Å². The third-order valence-corrected chi connectivity index (χ3v) is 7.19. The first kappa shape index (κ1) is 19.9. The minimum absolute atomic E-state index is 0.160. The van der Waals surface area contributed by atoms with E-state index < -0.39 is 11.5 Å². The molecule has 0 atom stereocenters. The smallest absolute Gasteiger partial charge is 0.329 e. The van der Waals surface area contributed by atoms with E-state index in [1.54, 1.807) is 12.1 Å². The van der Waals surface area contributed by atoms with Crippen molar-refractivity contribution in [1.29, 1.82) is 0 Å². The van der Waals surface area contributed by atoms with Crippen LogP contribution in [0.1, 0.15) is 42.4 Å². The van der Waals surface area contributed by atoms with Crippen LogP contribution in [0.3, 0.4) is 0 Å². The topological polar surface area (TPSA) is 49.3 Å². The number of nitrogens with one attached hydrogen (secondary N) is 1. The van der Waals surface area contributed by atoms with Crippen LogP contribution in [0, 0.1) is 0 Å². The molecule has 0 unspecified atom stereocenters. The monoisotopic (exact) mass is 429 g/mol. The van der Waals surface area contributed by atoms with Gasteiger partial charge in [-0.3, -0.25) is 0 Å². The molecule has 5 rings (SSSR count). The predicted octanol–water partition coefficient (Wildman–Crippen LogP) is 6.64. The van der Waals surface area contributed by atoms with Gasteiger partial charge in [-0.2, -0.15) is 0 Å². The van der Waals surface area contributed by atoms with E-state index >= 15 is 0 Å². The highest BCUT2D eigenvalue weighted by Gasteiger charge is 2.51. The lowest BCUT2D eigenvalue weighted by Crippen LogP contribution is -2.52. The van der Waals surface area contributed by atoms with Crippen LogP contribution in [0.2, 0.25) is 5.02 Å². The van der Waals surface area contributed by atoms with Crippen molar-refractivity contribution < 1.29 is 9.90 Å². The Labute approximate surface area is 187 Å². The number of carboxylic acids is 1. The first-order chi connectivity index (χ1) is 15.0. The van der Waals surface area contributed by atoms with Gasteiger partial charge in [0.15, 0.2) is 0 Å². The number of benzene rings is 3. The van der Waals surface area contributed by atoms with Gasteiger partial charge in [-0.05, 0) is 72.2 Å². The van der Waals surface area contributed by atoms with Crippen LogP contribution in [-0.2, 0) is 10.2 Å². The molecule has 3 aromatic carbocycles. The molecule has 156 valence electrons. The summed E-state index contributed by atoms with van der Waals surface area (Å²) >= 11 is 6.13. The number of aliphatic carboxylic acids is 1. The number of carbonyl (C=O) groups is 1. The van der Waals surface area contributed by atoms with Crippen molar-refractivity contribution in [3.63, 3.8) is 0 Å². The Morgan fingerprint density at radius 2 is 1.58 bits per heavy atom. The Morgan fingerprint density at radius 1 is 0.871 bits per heavy atom. The second kappa shape index (κ2) is 7.58. The summed E-state index contributed by atoms with van der Waals surface area (Å²) in [6, 6.07) is 26.3. The van der Waals surface area contributed by atoms with Gasteiger partial charge in [-0.15, -0.1) is 0 Å². The highest BCUT2D eigenvalue weighted by atomic mass is 35.5. The summed E-state index contributed by atoms with van der Waals surface area (Å²) in [5.74, 6) is -0.807. The van der Waals surface area contributed by atoms with Crippen molar-refractivity contribution in [1.82, 2.24) is 0 Å². The number of hydrogen-bond acceptors (Lipinski definition) is 2. The third-order valence-electron chi connectivity index (χ3n) is 6.95. The maximum absolute atomic E-state index is 12.5. The first-order valence-corrected chi connectivity index (χ1v) is 11.0. The fourth-order valence-electron chi connectivity index (χ4n) is 5.35. The first-order valence-electron chi connectivity index (χ1n) is 10.7. The zero-order chi connectivity index (χ0) is 21.5. The molecule has 3 aromatic rings. The van der Waals surface area contributed by atoms with Crippen LogP contribution in [0.4, 0.5) is 5.69 Å². The second-order valence-corrected chi connectivity index (χ2v) is 9.05. The molecule has 0 saturated heterocycles. The van der Waals surface area contributed by atoms with Gasteiger partial charge in [-0.25, -0.2) is 4.79 Å². The van der Waals surface area contributed by atoms with E-state index in [0.29, 0.717) is 17.9 Å². The fourth-order valence-corrected chi connectivity index (χ4v) is 5.54. The second-order valence-electron chi connectivity index (χ2n) is 8.62. The maximum atomic E-state index is 12.5. The van der Waals surface area contributed by atoms with Crippen LogP contribution in [-0.4, -0.2) is 16.6 Å². The quantitative estimate of drug-likeness (QED) is 0.488. The standard InChI is InChI=1S/C27H24ClNO2/c28-21-10-6-11-22(18-21)29-27(25(30)31)15-13-26(14-16-27)23-12-5-4-9-20(23)17-24(26)19-7-2-1-3-8-19/h1-12,17-18,29H,13-16H2,(H,30,31). The van der Waals surface area contributed by atoms with Crippen LogP contribution in [0.15, 0.2) is 78.9 Å². The Bertz CT molecular complexity index is 1160. The van der Waals surface area contributed by atoms with E-state index in [9.17, 15) is 9.90 Å². The molecule has 1 saturated carbocycles. The molecule has 0 radical (unpaired) electrons. The molecule has 1 spiro atoms. The molecule has 4 heteroatoms. The van der Waals surface area contributed by atoms with Gasteiger partial charge in [-0.1, -0.05) is 72.3 Å². The summed E-state index contributed by atoms with van der Waals surface area (Å²) in [4.78, 5) is 12.5. The number of hydrogen-bond donors (Lipinski definition) is 2. The Morgan fingerprint density at radius 3 is 2.29 bits per heavy atom. The Kier molecular flexibility index (Phi) is 4.86. The molecular formula is C27H24ClNO2. The molecule has 0 aliphatic heterocycles. The van der Waals surface area contributed by atoms with Crippen molar-refractivity contribution >= 4 is 34.9 Å². The summed E-state index contributed by atoms with van der Waals surface area (Å²) < 4.78 is 0. The van der Waals surface area contributed by atoms with Gasteiger partial charge in [0.05, 0.1) is 0 Å². The summed E-state index contributed by atoms with van der Waals surface area (Å²) in [6.07, 6.45) is 4.90. The lowest BCUT2D eigenvalue weighted by atomic mass is 9.61. The number of fused-ring (bicyclic) bond motifs is 2. The lowest BCUT2D eigenvalue weighted by molar-refractivity contribution is -0.143. The van der Waals surface area contributed by atoms with Gasteiger partial charge < -0.3 is 10.4 Å². The highest BCUT2D eigenvalue weighted by Crippen LogP contribution is 2.56. The zero-order valence-electron chi connectivity index (χ0n) is 17.1. The van der Waals surface area contributed by atoms with Crippen LogP contribution in [0.5, 0.6) is 0 Å². The molecule has 3 nitrogen and oxygen atoms in total. The van der Waals surface area contributed by atoms with E-state index in [1.807, 2.05) is 18.2 Å². The number of allylic oxidation sites excluding steroid dienone is 1. The van der Waals surface area contributed by atoms with Crippen molar-refractivity contribution in [2.24, 2.45) is 0 Å². The number of rotatable bonds is 4. The summed E-state index contributed by atoms with van der Waals surface area (Å²) in [5, 5.41) is 14.1. The molecule has 31 heavy (non-hydrogen) atoms. The molecule has 0 heterocycles. The average Bonchev–Trinajstić information content (AvgIpc) is 3.10. The molecule has 2 aliphatic rings. The molecule has 2 aliphatic carbocycles. The Balaban J connectivity index is 1.51. The van der Waals surface area contributed by atoms with E-state index in [2.05, 4.69) is 59.9 Å². The van der Waals surface area contributed by atoms with Gasteiger partial charge in [0.25, 0.3) is 0 Å². The zero-order valence-corrected chi connectivity index (χ0v) is 17.9. The Hall–Kier alpha value is -3.04. The summed E-state index contributed by atoms with van der Waals surface area (Å²) in [7, 11) is 0. The SMILES string of the molecule is O=C(O)C1(Nc2cccc(Cl)c2)CCC2(CC1)C(c1ccccc1)=Cc1ccccc12. The number of anilines is 1. The molecular weight excluding hydrogens is 406 g/mol. The van der Waals surface area contributed by atoms with Gasteiger partial charge in [0.1, 0.15) is 5.54 Å². The highest BCUT2D eigenvalue weighted by molar-refractivity contribution is 6.30. The number of carboxylic acid groups (broad SMARTS) is 1. The summed E-state index contributed by atoms with van der Waals surface area (Å²) in [6.45, 7) is 0. The summed E-state index contributed by atoms with van der Waals surface area (Å²) in [5.41, 5.74) is 4.65. The van der Waals surface area contributed by atoms with Crippen molar-refractivity contribution in [2.45, 2.75) is 36.6 Å². The van der Waals surface area contributed by atoms with Crippen LogP contribution < -0.4 is 5.32 Å². The normalized spacial score (nSPS) is 24.5. The van der Waals surface area contributed by atoms with E-state index in [0.717, 1.165) is 18.5 Å². The van der Waals surface area contributed by atoms with Gasteiger partial charge in [0.2, 0.25) is 0 Å². The van der Waals surface area contributed by atoms with Gasteiger partial charge in [0, 0.05) is 16.1 Å². The lowest BCUT2D eigenvalue weighted by Gasteiger charge is -2.45. The van der Waals surface area contributed by atoms with Crippen LogP contribution in [0.25, 0.3) is 11.6 Å². The number of halogens is 1. The molecule has 0 aromatic heterocycles. The van der Waals surface area contributed by atoms with E-state index in [1.165, 1.54) is 22.3 Å². The van der Waals surface area contributed by atoms with Crippen molar-refractivity contribution in [3.8, 4) is 0 Å². The third kappa shape index (κ3) is 3.34. The largest absolute Gasteiger partial charge is 0.480 e. The van der Waals surface area contributed by atoms with Crippen LogP contribution >= 0.6 is 11.6 Å². The van der Waals surface area contributed by atoms with E-state index in [-0.39, 0.29) is 5.41 Å². The molecule has 0 amide bonds. The molecule has 0 bridgehead atoms. The minimum atomic E-state index is -1.00. The fraction of sp³-hybridized carbons (Fsp3) is 0.222. The minimum Gasteiger partial charge on any atom is -0.480 e. The average molecular weight is 430 g/mol. The van der Waals surface area contributed by atoms with Crippen molar-refractivity contribution in [2.75, 3.05) is 5.32 Å². The van der Waals surface area contributed by atoms with Crippen molar-refractivity contribution in [3.05, 3.63) is 101 Å². The predicted molar refractivity (Wildman–Crippen MR) is 126 cm³/mol. The van der Waals surface area contributed by atoms with Gasteiger partial charge >= 0.3 is 5.97 Å². The molecule has 2 N–H and O–H groups in total. The molecule has 1 fully saturated rings.